The number of rotatable bonds is 2. The lowest BCUT2D eigenvalue weighted by Gasteiger charge is -2.16. The second-order valence-corrected chi connectivity index (χ2v) is 3.54. The molecule has 1 aromatic rings. The number of Topliss-reactive ketones (excluding diaryl/α,β-unsaturated/α-hetero) is 1. The van der Waals surface area contributed by atoms with E-state index in [1.54, 1.807) is 6.20 Å². The van der Waals surface area contributed by atoms with Gasteiger partial charge in [-0.1, -0.05) is 13.0 Å². The first-order valence-electron chi connectivity index (χ1n) is 4.98. The van der Waals surface area contributed by atoms with Crippen LogP contribution in [0.1, 0.15) is 18.9 Å². The molecule has 1 fully saturated rings. The standard InChI is InChI=1S/C11H12N2O2/c1-2-8-4-3-5-12-11(8)13-7-9(14)6-10(13)15/h3-5H,2,6-7H2,1H3. The fraction of sp³-hybridized carbons (Fsp3) is 0.364. The summed E-state index contributed by atoms with van der Waals surface area (Å²) < 4.78 is 0. The number of ketones is 1. The van der Waals surface area contributed by atoms with Crippen LogP contribution in [0.2, 0.25) is 0 Å². The Bertz CT molecular complexity index is 415. The lowest BCUT2D eigenvalue weighted by Crippen LogP contribution is -2.26. The Kier molecular flexibility index (Phi) is 2.49. The summed E-state index contributed by atoms with van der Waals surface area (Å²) in [5.41, 5.74) is 1.00. The topological polar surface area (TPSA) is 50.3 Å². The minimum atomic E-state index is -0.145. The largest absolute Gasteiger partial charge is 0.297 e. The highest BCUT2D eigenvalue weighted by Gasteiger charge is 2.30. The van der Waals surface area contributed by atoms with Gasteiger partial charge in [-0.3, -0.25) is 14.5 Å². The number of aromatic nitrogens is 1. The zero-order chi connectivity index (χ0) is 10.8. The van der Waals surface area contributed by atoms with Crippen LogP contribution in [0, 0.1) is 0 Å². The highest BCUT2D eigenvalue weighted by atomic mass is 16.2. The number of nitrogens with zero attached hydrogens (tertiary/aromatic N) is 2. The van der Waals surface area contributed by atoms with E-state index in [-0.39, 0.29) is 24.7 Å². The summed E-state index contributed by atoms with van der Waals surface area (Å²) >= 11 is 0. The molecule has 1 saturated heterocycles. The number of pyridine rings is 1. The van der Waals surface area contributed by atoms with Crippen molar-refractivity contribution in [3.8, 4) is 0 Å². The molecule has 0 aromatic carbocycles. The summed E-state index contributed by atoms with van der Waals surface area (Å²) in [6.07, 6.45) is 2.46. The lowest BCUT2D eigenvalue weighted by molar-refractivity contribution is -0.121. The van der Waals surface area contributed by atoms with Crippen LogP contribution >= 0.6 is 0 Å². The van der Waals surface area contributed by atoms with E-state index in [2.05, 4.69) is 4.98 Å². The predicted octanol–water partition coefficient (Wildman–Crippen LogP) is 0.950. The average Bonchev–Trinajstić information content (AvgIpc) is 2.57. The zero-order valence-corrected chi connectivity index (χ0v) is 8.56. The normalized spacial score (nSPS) is 16.2. The summed E-state index contributed by atoms with van der Waals surface area (Å²) in [6.45, 7) is 2.17. The summed E-state index contributed by atoms with van der Waals surface area (Å²) in [5.74, 6) is 0.456. The van der Waals surface area contributed by atoms with Crippen molar-refractivity contribution in [3.63, 3.8) is 0 Å². The molecule has 0 saturated carbocycles. The number of amides is 1. The van der Waals surface area contributed by atoms with E-state index in [9.17, 15) is 9.59 Å². The number of carbonyl (C=O) groups is 2. The van der Waals surface area contributed by atoms with Gasteiger partial charge in [0.15, 0.2) is 5.78 Å². The number of hydrogen-bond donors (Lipinski definition) is 0. The molecule has 2 rings (SSSR count). The minimum Gasteiger partial charge on any atom is -0.297 e. The predicted molar refractivity (Wildman–Crippen MR) is 55.6 cm³/mol. The van der Waals surface area contributed by atoms with E-state index in [1.165, 1.54) is 4.90 Å². The van der Waals surface area contributed by atoms with E-state index in [4.69, 9.17) is 0 Å². The molecule has 1 amide bonds. The molecular weight excluding hydrogens is 192 g/mol. The Labute approximate surface area is 87.9 Å². The van der Waals surface area contributed by atoms with Crippen LogP contribution < -0.4 is 4.90 Å². The molecule has 0 bridgehead atoms. The van der Waals surface area contributed by atoms with Crippen molar-refractivity contribution in [1.29, 1.82) is 0 Å². The molecule has 0 N–H and O–H groups in total. The van der Waals surface area contributed by atoms with Gasteiger partial charge in [-0.05, 0) is 18.1 Å². The lowest BCUT2D eigenvalue weighted by atomic mass is 10.2. The minimum absolute atomic E-state index is 0.0136. The van der Waals surface area contributed by atoms with Crippen molar-refractivity contribution >= 4 is 17.5 Å². The van der Waals surface area contributed by atoms with E-state index in [0.29, 0.717) is 5.82 Å². The van der Waals surface area contributed by atoms with E-state index in [1.807, 2.05) is 19.1 Å². The van der Waals surface area contributed by atoms with Gasteiger partial charge in [-0.2, -0.15) is 0 Å². The summed E-state index contributed by atoms with van der Waals surface area (Å²) in [4.78, 5) is 28.3. The third kappa shape index (κ3) is 1.75. The molecule has 4 heteroatoms. The van der Waals surface area contributed by atoms with Gasteiger partial charge in [0.2, 0.25) is 5.91 Å². The van der Waals surface area contributed by atoms with Crippen molar-refractivity contribution < 1.29 is 9.59 Å². The molecule has 0 spiro atoms. The summed E-state index contributed by atoms with van der Waals surface area (Å²) in [7, 11) is 0. The van der Waals surface area contributed by atoms with Gasteiger partial charge in [-0.25, -0.2) is 4.98 Å². The number of hydrogen-bond acceptors (Lipinski definition) is 3. The van der Waals surface area contributed by atoms with Crippen molar-refractivity contribution in [3.05, 3.63) is 23.9 Å². The number of anilines is 1. The van der Waals surface area contributed by atoms with Gasteiger partial charge in [0.1, 0.15) is 5.82 Å². The van der Waals surface area contributed by atoms with Crippen molar-refractivity contribution in [1.82, 2.24) is 4.98 Å². The van der Waals surface area contributed by atoms with E-state index in [0.717, 1.165) is 12.0 Å². The van der Waals surface area contributed by atoms with Crippen molar-refractivity contribution in [2.24, 2.45) is 0 Å². The Morgan fingerprint density at radius 2 is 2.27 bits per heavy atom. The molecule has 1 aliphatic heterocycles. The molecule has 0 aliphatic carbocycles. The van der Waals surface area contributed by atoms with Crippen LogP contribution in [-0.4, -0.2) is 23.2 Å². The molecule has 78 valence electrons. The molecular formula is C11H12N2O2. The van der Waals surface area contributed by atoms with Gasteiger partial charge in [-0.15, -0.1) is 0 Å². The smallest absolute Gasteiger partial charge is 0.236 e. The maximum Gasteiger partial charge on any atom is 0.236 e. The third-order valence-corrected chi connectivity index (χ3v) is 2.49. The fourth-order valence-corrected chi connectivity index (χ4v) is 1.73. The molecule has 1 aromatic heterocycles. The monoisotopic (exact) mass is 204 g/mol. The maximum absolute atomic E-state index is 11.5. The van der Waals surface area contributed by atoms with Crippen LogP contribution in [-0.2, 0) is 16.0 Å². The van der Waals surface area contributed by atoms with E-state index < -0.39 is 0 Å². The maximum atomic E-state index is 11.5. The number of aryl methyl sites for hydroxylation is 1. The van der Waals surface area contributed by atoms with Crippen LogP contribution in [0.3, 0.4) is 0 Å². The summed E-state index contributed by atoms with van der Waals surface area (Å²) in [6, 6.07) is 3.77. The highest BCUT2D eigenvalue weighted by Crippen LogP contribution is 2.21. The van der Waals surface area contributed by atoms with Gasteiger partial charge >= 0.3 is 0 Å². The number of carbonyl (C=O) groups excluding carboxylic acids is 2. The molecule has 0 atom stereocenters. The van der Waals surface area contributed by atoms with Gasteiger partial charge in [0.25, 0.3) is 0 Å². The van der Waals surface area contributed by atoms with Crippen LogP contribution in [0.5, 0.6) is 0 Å². The van der Waals surface area contributed by atoms with Gasteiger partial charge < -0.3 is 0 Å². The quantitative estimate of drug-likeness (QED) is 0.674. The Hall–Kier alpha value is -1.71. The molecule has 4 nitrogen and oxygen atoms in total. The molecule has 2 heterocycles. The van der Waals surface area contributed by atoms with Crippen LogP contribution in [0.15, 0.2) is 18.3 Å². The molecule has 0 radical (unpaired) electrons. The second kappa shape index (κ2) is 3.81. The van der Waals surface area contributed by atoms with E-state index >= 15 is 0 Å². The Morgan fingerprint density at radius 1 is 1.47 bits per heavy atom. The molecule has 1 aliphatic rings. The van der Waals surface area contributed by atoms with Gasteiger partial charge in [0, 0.05) is 6.20 Å². The van der Waals surface area contributed by atoms with Crippen LogP contribution in [0.4, 0.5) is 5.82 Å². The Morgan fingerprint density at radius 3 is 2.87 bits per heavy atom. The molecule has 15 heavy (non-hydrogen) atoms. The first-order chi connectivity index (χ1) is 7.22. The second-order valence-electron chi connectivity index (χ2n) is 3.54. The summed E-state index contributed by atoms with van der Waals surface area (Å²) in [5, 5.41) is 0. The SMILES string of the molecule is CCc1cccnc1N1CC(=O)CC1=O. The molecule has 0 unspecified atom stereocenters. The third-order valence-electron chi connectivity index (χ3n) is 2.49. The van der Waals surface area contributed by atoms with Crippen LogP contribution in [0.25, 0.3) is 0 Å². The zero-order valence-electron chi connectivity index (χ0n) is 8.56. The fourth-order valence-electron chi connectivity index (χ4n) is 1.73. The average molecular weight is 204 g/mol. The van der Waals surface area contributed by atoms with Gasteiger partial charge in [0.05, 0.1) is 13.0 Å². The first kappa shape index (κ1) is 9.83. The first-order valence-corrected chi connectivity index (χ1v) is 4.98. The van der Waals surface area contributed by atoms with Crippen molar-refractivity contribution in [2.75, 3.05) is 11.4 Å². The Balaban J connectivity index is 2.37. The highest BCUT2D eigenvalue weighted by molar-refractivity contribution is 6.14. The van der Waals surface area contributed by atoms with Crippen molar-refractivity contribution in [2.45, 2.75) is 19.8 Å².